The zero-order chi connectivity index (χ0) is 9.80. The number of rotatable bonds is 4. The lowest BCUT2D eigenvalue weighted by Gasteiger charge is -2.08. The van der Waals surface area contributed by atoms with Crippen molar-refractivity contribution in [2.75, 3.05) is 18.5 Å². The van der Waals surface area contributed by atoms with Crippen LogP contribution in [0.15, 0.2) is 5.38 Å². The first-order chi connectivity index (χ1) is 6.84. The van der Waals surface area contributed by atoms with Gasteiger partial charge in [-0.3, -0.25) is 0 Å². The smallest absolute Gasteiger partial charge is 0.185 e. The van der Waals surface area contributed by atoms with Crippen LogP contribution < -0.4 is 5.32 Å². The fourth-order valence-electron chi connectivity index (χ4n) is 1.57. The van der Waals surface area contributed by atoms with Crippen molar-refractivity contribution >= 4 is 28.8 Å². The fraction of sp³-hybridized carbons (Fsp3) is 0.667. The van der Waals surface area contributed by atoms with Crippen molar-refractivity contribution in [2.24, 2.45) is 0 Å². The summed E-state index contributed by atoms with van der Waals surface area (Å²) in [4.78, 5) is 4.11. The number of hydrogen-bond acceptors (Lipinski definition) is 4. The molecule has 1 unspecified atom stereocenters. The molecule has 0 saturated carbocycles. The van der Waals surface area contributed by atoms with Crippen LogP contribution in [0.1, 0.15) is 19.3 Å². The number of anilines is 1. The molecule has 1 aliphatic heterocycles. The number of ether oxygens (including phenoxy) is 1. The second-order valence-electron chi connectivity index (χ2n) is 3.34. The minimum atomic E-state index is 0.441. The Morgan fingerprint density at radius 3 is 3.29 bits per heavy atom. The summed E-state index contributed by atoms with van der Waals surface area (Å²) in [6.45, 7) is 1.83. The van der Waals surface area contributed by atoms with E-state index in [2.05, 4.69) is 10.3 Å². The van der Waals surface area contributed by atoms with Crippen molar-refractivity contribution in [1.82, 2.24) is 4.98 Å². The minimum absolute atomic E-state index is 0.441. The Hall–Kier alpha value is -0.320. The van der Waals surface area contributed by atoms with E-state index in [4.69, 9.17) is 16.3 Å². The van der Waals surface area contributed by atoms with Crippen LogP contribution in [0, 0.1) is 0 Å². The summed E-state index contributed by atoms with van der Waals surface area (Å²) >= 11 is 7.16. The molecular formula is C9H13ClN2OS. The number of nitrogens with zero attached hydrogens (tertiary/aromatic N) is 1. The molecule has 14 heavy (non-hydrogen) atoms. The molecular weight excluding hydrogens is 220 g/mol. The van der Waals surface area contributed by atoms with Gasteiger partial charge in [-0.15, -0.1) is 11.3 Å². The van der Waals surface area contributed by atoms with Gasteiger partial charge >= 0.3 is 0 Å². The van der Waals surface area contributed by atoms with Crippen LogP contribution in [0.5, 0.6) is 0 Å². The van der Waals surface area contributed by atoms with Crippen LogP contribution >= 0.6 is 22.9 Å². The Morgan fingerprint density at radius 1 is 1.71 bits per heavy atom. The first kappa shape index (κ1) is 10.2. The SMILES string of the molecule is Clc1nc(NCCC2CCCO2)cs1. The van der Waals surface area contributed by atoms with Crippen LogP contribution in [0.25, 0.3) is 0 Å². The molecule has 1 atom stereocenters. The van der Waals surface area contributed by atoms with E-state index in [9.17, 15) is 0 Å². The second kappa shape index (κ2) is 4.96. The lowest BCUT2D eigenvalue weighted by Crippen LogP contribution is -2.12. The Kier molecular flexibility index (Phi) is 3.61. The number of thiazole rings is 1. The molecule has 1 saturated heterocycles. The maximum absolute atomic E-state index is 5.71. The minimum Gasteiger partial charge on any atom is -0.378 e. The molecule has 5 heteroatoms. The maximum atomic E-state index is 5.71. The van der Waals surface area contributed by atoms with E-state index >= 15 is 0 Å². The lowest BCUT2D eigenvalue weighted by atomic mass is 10.2. The molecule has 1 aliphatic rings. The maximum Gasteiger partial charge on any atom is 0.185 e. The van der Waals surface area contributed by atoms with Gasteiger partial charge in [-0.1, -0.05) is 11.6 Å². The quantitative estimate of drug-likeness (QED) is 0.867. The molecule has 0 radical (unpaired) electrons. The Labute approximate surface area is 92.4 Å². The molecule has 1 N–H and O–H groups in total. The molecule has 0 aromatic carbocycles. The molecule has 0 spiro atoms. The highest BCUT2D eigenvalue weighted by atomic mass is 35.5. The highest BCUT2D eigenvalue weighted by molar-refractivity contribution is 7.14. The van der Waals surface area contributed by atoms with E-state index in [1.807, 2.05) is 5.38 Å². The van der Waals surface area contributed by atoms with Crippen molar-refractivity contribution in [2.45, 2.75) is 25.4 Å². The summed E-state index contributed by atoms with van der Waals surface area (Å²) in [7, 11) is 0. The Bertz CT molecular complexity index is 286. The van der Waals surface area contributed by atoms with Crippen LogP contribution in [0.4, 0.5) is 5.82 Å². The van der Waals surface area contributed by atoms with Gasteiger partial charge in [-0.25, -0.2) is 4.98 Å². The molecule has 3 nitrogen and oxygen atoms in total. The van der Waals surface area contributed by atoms with Crippen molar-refractivity contribution in [3.05, 3.63) is 9.85 Å². The number of nitrogens with one attached hydrogen (secondary N) is 1. The predicted octanol–water partition coefficient (Wildman–Crippen LogP) is 2.78. The molecule has 0 amide bonds. The molecule has 1 aromatic heterocycles. The van der Waals surface area contributed by atoms with Gasteiger partial charge in [-0.2, -0.15) is 0 Å². The van der Waals surface area contributed by atoms with Crippen molar-refractivity contribution in [3.63, 3.8) is 0 Å². The van der Waals surface area contributed by atoms with Gasteiger partial charge in [0.2, 0.25) is 0 Å². The van der Waals surface area contributed by atoms with E-state index in [0.29, 0.717) is 10.6 Å². The molecule has 0 aliphatic carbocycles. The third-order valence-corrected chi connectivity index (χ3v) is 3.25. The summed E-state index contributed by atoms with van der Waals surface area (Å²) in [6.07, 6.45) is 3.89. The monoisotopic (exact) mass is 232 g/mol. The van der Waals surface area contributed by atoms with Crippen LogP contribution in [0.3, 0.4) is 0 Å². The summed E-state index contributed by atoms with van der Waals surface area (Å²) in [5.41, 5.74) is 0. The van der Waals surface area contributed by atoms with Crippen LogP contribution in [-0.2, 0) is 4.74 Å². The van der Waals surface area contributed by atoms with Crippen molar-refractivity contribution in [3.8, 4) is 0 Å². The van der Waals surface area contributed by atoms with Crippen molar-refractivity contribution < 1.29 is 4.74 Å². The molecule has 1 fully saturated rings. The molecule has 0 bridgehead atoms. The predicted molar refractivity (Wildman–Crippen MR) is 59.2 cm³/mol. The molecule has 1 aromatic rings. The van der Waals surface area contributed by atoms with Crippen LogP contribution in [0.2, 0.25) is 4.47 Å². The van der Waals surface area contributed by atoms with Gasteiger partial charge in [0.25, 0.3) is 0 Å². The summed E-state index contributed by atoms with van der Waals surface area (Å²) < 4.78 is 6.10. The number of halogens is 1. The average molecular weight is 233 g/mol. The largest absolute Gasteiger partial charge is 0.378 e. The zero-order valence-electron chi connectivity index (χ0n) is 7.83. The first-order valence-electron chi connectivity index (χ1n) is 4.81. The van der Waals surface area contributed by atoms with Gasteiger partial charge in [0.05, 0.1) is 6.10 Å². The summed E-state index contributed by atoms with van der Waals surface area (Å²) in [5, 5.41) is 5.16. The normalized spacial score (nSPS) is 21.4. The zero-order valence-corrected chi connectivity index (χ0v) is 9.40. The average Bonchev–Trinajstić information content (AvgIpc) is 2.77. The van der Waals surface area contributed by atoms with E-state index in [-0.39, 0.29) is 0 Å². The summed E-state index contributed by atoms with van der Waals surface area (Å²) in [6, 6.07) is 0. The van der Waals surface area contributed by atoms with E-state index < -0.39 is 0 Å². The van der Waals surface area contributed by atoms with E-state index in [1.165, 1.54) is 24.2 Å². The molecule has 2 rings (SSSR count). The van der Waals surface area contributed by atoms with Gasteiger partial charge < -0.3 is 10.1 Å². The highest BCUT2D eigenvalue weighted by Crippen LogP contribution is 2.19. The molecule has 78 valence electrons. The number of hydrogen-bond donors (Lipinski definition) is 1. The number of aromatic nitrogens is 1. The Morgan fingerprint density at radius 2 is 2.64 bits per heavy atom. The van der Waals surface area contributed by atoms with Gasteiger partial charge in [-0.05, 0) is 19.3 Å². The Balaban J connectivity index is 1.67. The highest BCUT2D eigenvalue weighted by Gasteiger charge is 2.14. The van der Waals surface area contributed by atoms with Gasteiger partial charge in [0, 0.05) is 18.5 Å². The van der Waals surface area contributed by atoms with E-state index in [0.717, 1.165) is 25.4 Å². The second-order valence-corrected chi connectivity index (χ2v) is 4.78. The fourth-order valence-corrected chi connectivity index (χ4v) is 2.29. The van der Waals surface area contributed by atoms with Gasteiger partial charge in [0.1, 0.15) is 5.82 Å². The topological polar surface area (TPSA) is 34.2 Å². The van der Waals surface area contributed by atoms with Crippen molar-refractivity contribution in [1.29, 1.82) is 0 Å². The summed E-state index contributed by atoms with van der Waals surface area (Å²) in [5.74, 6) is 0.873. The standard InChI is InChI=1S/C9H13ClN2OS/c10-9-12-8(6-14-9)11-4-3-7-2-1-5-13-7/h6-7,11H,1-5H2. The third-order valence-electron chi connectivity index (χ3n) is 2.27. The lowest BCUT2D eigenvalue weighted by molar-refractivity contribution is 0.107. The van der Waals surface area contributed by atoms with Gasteiger partial charge in [0.15, 0.2) is 4.47 Å². The first-order valence-corrected chi connectivity index (χ1v) is 6.07. The van der Waals surface area contributed by atoms with E-state index in [1.54, 1.807) is 0 Å². The molecule has 2 heterocycles. The van der Waals surface area contributed by atoms with Crippen LogP contribution in [-0.4, -0.2) is 24.2 Å². The third kappa shape index (κ3) is 2.83.